The number of halogens is 3. The number of amides is 3. The van der Waals surface area contributed by atoms with Crippen LogP contribution in [0.3, 0.4) is 0 Å². The maximum Gasteiger partial charge on any atom is 0.417 e. The second kappa shape index (κ2) is 9.78. The molecule has 1 aliphatic heterocycles. The van der Waals surface area contributed by atoms with E-state index in [-0.39, 0.29) is 11.4 Å². The summed E-state index contributed by atoms with van der Waals surface area (Å²) in [5, 5.41) is 0.817. The topological polar surface area (TPSA) is 88.1 Å². The number of hydrogen-bond acceptors (Lipinski definition) is 7. The zero-order valence-electron chi connectivity index (χ0n) is 21.1. The van der Waals surface area contributed by atoms with Crippen LogP contribution in [0.1, 0.15) is 5.56 Å². The molecule has 1 fully saturated rings. The lowest BCUT2D eigenvalue weighted by atomic mass is 10.1. The molecule has 5 rings (SSSR count). The number of rotatable bonds is 6. The highest BCUT2D eigenvalue weighted by Gasteiger charge is 2.39. The molecule has 0 unspecified atom stereocenters. The largest absolute Gasteiger partial charge is 0.493 e. The van der Waals surface area contributed by atoms with Crippen molar-refractivity contribution >= 4 is 45.6 Å². The first-order valence-corrected chi connectivity index (χ1v) is 11.6. The maximum atomic E-state index is 13.1. The summed E-state index contributed by atoms with van der Waals surface area (Å²) in [6.45, 7) is -0.405. The molecular weight excluding hydrogens is 515 g/mol. The average molecular weight is 537 g/mol. The second-order valence-electron chi connectivity index (χ2n) is 8.66. The summed E-state index contributed by atoms with van der Waals surface area (Å²) in [7, 11) is 4.95. The number of urea groups is 1. The number of pyridine rings is 2. The van der Waals surface area contributed by atoms with E-state index in [0.29, 0.717) is 23.2 Å². The van der Waals surface area contributed by atoms with Gasteiger partial charge in [0, 0.05) is 36.6 Å². The number of fused-ring (bicyclic) bond motifs is 1. The predicted octanol–water partition coefficient (Wildman–Crippen LogP) is 5.41. The minimum absolute atomic E-state index is 0.112. The number of methoxy groups -OCH3 is 2. The summed E-state index contributed by atoms with van der Waals surface area (Å²) in [5.74, 6) is 0.533. The number of anilines is 4. The van der Waals surface area contributed by atoms with Crippen molar-refractivity contribution in [2.75, 3.05) is 42.5 Å². The Kier molecular flexibility index (Phi) is 6.46. The number of nitrogens with zero attached hydrogens (tertiary/aromatic N) is 5. The van der Waals surface area contributed by atoms with Crippen molar-refractivity contribution in [2.45, 2.75) is 6.18 Å². The first-order valence-electron chi connectivity index (χ1n) is 11.6. The molecule has 39 heavy (non-hydrogen) atoms. The molecule has 0 radical (unpaired) electrons. The van der Waals surface area contributed by atoms with E-state index in [1.165, 1.54) is 0 Å². The minimum Gasteiger partial charge on any atom is -0.493 e. The van der Waals surface area contributed by atoms with Crippen LogP contribution in [0.4, 0.5) is 40.7 Å². The lowest BCUT2D eigenvalue weighted by molar-refractivity contribution is -0.137. The highest BCUT2D eigenvalue weighted by Crippen LogP contribution is 2.38. The van der Waals surface area contributed by atoms with E-state index in [9.17, 15) is 22.8 Å². The summed E-state index contributed by atoms with van der Waals surface area (Å²) in [4.78, 5) is 37.6. The van der Waals surface area contributed by atoms with Gasteiger partial charge in [-0.15, -0.1) is 0 Å². The molecule has 2 aromatic carbocycles. The van der Waals surface area contributed by atoms with Gasteiger partial charge in [0.1, 0.15) is 6.54 Å². The SMILES string of the molecule is COc1cc2nccc(N(C)c3ccc(N4C(=O)CN(c5cncc(C(F)(F)F)c5)C4=O)cc3)c2cc1OC. The molecule has 0 N–H and O–H groups in total. The van der Waals surface area contributed by atoms with Crippen LogP contribution in [0.2, 0.25) is 0 Å². The molecule has 4 aromatic rings. The minimum atomic E-state index is -4.63. The zero-order chi connectivity index (χ0) is 27.9. The van der Waals surface area contributed by atoms with Crippen LogP contribution in [0, 0.1) is 0 Å². The molecule has 0 atom stereocenters. The molecule has 3 amide bonds. The Hall–Kier alpha value is -4.87. The summed E-state index contributed by atoms with van der Waals surface area (Å²) in [6.07, 6.45) is -1.18. The number of carbonyl (C=O) groups is 2. The Morgan fingerprint density at radius 3 is 2.28 bits per heavy atom. The Morgan fingerprint density at radius 2 is 1.62 bits per heavy atom. The predicted molar refractivity (Wildman–Crippen MR) is 139 cm³/mol. The quantitative estimate of drug-likeness (QED) is 0.304. The Labute approximate surface area is 221 Å². The van der Waals surface area contributed by atoms with Crippen LogP contribution in [-0.2, 0) is 11.0 Å². The van der Waals surface area contributed by atoms with Crippen molar-refractivity contribution < 1.29 is 32.2 Å². The van der Waals surface area contributed by atoms with Gasteiger partial charge in [-0.2, -0.15) is 13.2 Å². The number of alkyl halides is 3. The van der Waals surface area contributed by atoms with Gasteiger partial charge in [-0.3, -0.25) is 19.7 Å². The van der Waals surface area contributed by atoms with Crippen LogP contribution in [-0.4, -0.2) is 49.7 Å². The van der Waals surface area contributed by atoms with Gasteiger partial charge in [-0.25, -0.2) is 9.69 Å². The van der Waals surface area contributed by atoms with E-state index in [2.05, 4.69) is 9.97 Å². The number of carbonyl (C=O) groups excluding carboxylic acids is 2. The van der Waals surface area contributed by atoms with Gasteiger partial charge in [0.25, 0.3) is 5.91 Å². The Bertz CT molecular complexity index is 1580. The first kappa shape index (κ1) is 25.8. The zero-order valence-corrected chi connectivity index (χ0v) is 21.1. The third kappa shape index (κ3) is 4.65. The Balaban J connectivity index is 1.42. The van der Waals surface area contributed by atoms with E-state index in [4.69, 9.17) is 9.47 Å². The van der Waals surface area contributed by atoms with Gasteiger partial charge >= 0.3 is 12.2 Å². The Morgan fingerprint density at radius 1 is 0.923 bits per heavy atom. The highest BCUT2D eigenvalue weighted by molar-refractivity contribution is 6.27. The third-order valence-corrected chi connectivity index (χ3v) is 6.41. The van der Waals surface area contributed by atoms with Crippen molar-refractivity contribution in [1.29, 1.82) is 0 Å². The molecule has 1 saturated heterocycles. The van der Waals surface area contributed by atoms with E-state index < -0.39 is 30.2 Å². The molecule has 2 aromatic heterocycles. The van der Waals surface area contributed by atoms with E-state index in [0.717, 1.165) is 38.8 Å². The monoisotopic (exact) mass is 537 g/mol. The van der Waals surface area contributed by atoms with Gasteiger partial charge in [-0.05, 0) is 42.5 Å². The van der Waals surface area contributed by atoms with Crippen LogP contribution in [0.5, 0.6) is 11.5 Å². The fourth-order valence-corrected chi connectivity index (χ4v) is 4.40. The summed E-state index contributed by atoms with van der Waals surface area (Å²) < 4.78 is 50.1. The highest BCUT2D eigenvalue weighted by atomic mass is 19.4. The number of imide groups is 1. The third-order valence-electron chi connectivity index (χ3n) is 6.41. The van der Waals surface area contributed by atoms with Gasteiger partial charge in [-0.1, -0.05) is 0 Å². The fraction of sp³-hybridized carbons (Fsp3) is 0.185. The van der Waals surface area contributed by atoms with E-state index in [1.807, 2.05) is 24.1 Å². The molecule has 1 aliphatic rings. The van der Waals surface area contributed by atoms with Crippen molar-refractivity contribution in [3.05, 3.63) is 72.7 Å². The molecule has 0 saturated carbocycles. The maximum absolute atomic E-state index is 13.1. The molecule has 0 bridgehead atoms. The lowest BCUT2D eigenvalue weighted by Crippen LogP contribution is -2.33. The van der Waals surface area contributed by atoms with Crippen molar-refractivity contribution in [2.24, 2.45) is 0 Å². The van der Waals surface area contributed by atoms with Gasteiger partial charge in [0.15, 0.2) is 11.5 Å². The molecular formula is C27H22F3N5O4. The molecule has 9 nitrogen and oxygen atoms in total. The van der Waals surface area contributed by atoms with Gasteiger partial charge < -0.3 is 14.4 Å². The molecule has 0 aliphatic carbocycles. The number of aromatic nitrogens is 2. The number of benzene rings is 2. The van der Waals surface area contributed by atoms with Crippen LogP contribution >= 0.6 is 0 Å². The smallest absolute Gasteiger partial charge is 0.417 e. The molecule has 0 spiro atoms. The van der Waals surface area contributed by atoms with Crippen molar-refractivity contribution in [1.82, 2.24) is 9.97 Å². The fourth-order valence-electron chi connectivity index (χ4n) is 4.40. The van der Waals surface area contributed by atoms with Gasteiger partial charge in [0.05, 0.1) is 48.6 Å². The lowest BCUT2D eigenvalue weighted by Gasteiger charge is -2.23. The number of hydrogen-bond donors (Lipinski definition) is 0. The van der Waals surface area contributed by atoms with Gasteiger partial charge in [0.2, 0.25) is 0 Å². The van der Waals surface area contributed by atoms with Crippen LogP contribution in [0.25, 0.3) is 10.9 Å². The van der Waals surface area contributed by atoms with Crippen molar-refractivity contribution in [3.63, 3.8) is 0 Å². The van der Waals surface area contributed by atoms with Crippen molar-refractivity contribution in [3.8, 4) is 11.5 Å². The van der Waals surface area contributed by atoms with E-state index >= 15 is 0 Å². The second-order valence-corrected chi connectivity index (χ2v) is 8.66. The average Bonchev–Trinajstić information content (AvgIpc) is 3.24. The first-order chi connectivity index (χ1) is 18.6. The molecule has 200 valence electrons. The number of ether oxygens (including phenoxy) is 2. The summed E-state index contributed by atoms with van der Waals surface area (Å²) in [5.41, 5.74) is 1.44. The van der Waals surface area contributed by atoms with E-state index in [1.54, 1.807) is 50.7 Å². The van der Waals surface area contributed by atoms with Crippen LogP contribution < -0.4 is 24.2 Å². The summed E-state index contributed by atoms with van der Waals surface area (Å²) in [6, 6.07) is 12.2. The molecule has 12 heteroatoms. The molecule has 3 heterocycles. The normalized spacial score (nSPS) is 13.8. The van der Waals surface area contributed by atoms with Crippen LogP contribution in [0.15, 0.2) is 67.1 Å². The summed E-state index contributed by atoms with van der Waals surface area (Å²) >= 11 is 0. The standard InChI is InChI=1S/C27H22F3N5O4/c1-33(22-8-9-32-21-12-24(39-3)23(38-2)11-20(21)22)17-4-6-18(7-5-17)35-25(36)15-34(26(35)37)19-10-16(13-31-14-19)27(28,29)30/h4-14H,15H2,1-3H3.